The molecule has 0 atom stereocenters. The zero-order valence-electron chi connectivity index (χ0n) is 22.5. The van der Waals surface area contributed by atoms with Gasteiger partial charge in [-0.2, -0.15) is 10.2 Å². The Hall–Kier alpha value is -1.72. The van der Waals surface area contributed by atoms with Crippen molar-refractivity contribution in [3.05, 3.63) is 0 Å². The van der Waals surface area contributed by atoms with Gasteiger partial charge in [0.25, 0.3) is 0 Å². The third-order valence-corrected chi connectivity index (χ3v) is 11.4. The van der Waals surface area contributed by atoms with Crippen molar-refractivity contribution < 1.29 is 9.59 Å². The highest BCUT2D eigenvalue weighted by Gasteiger charge is 2.53. The van der Waals surface area contributed by atoms with Gasteiger partial charge < -0.3 is 0 Å². The van der Waals surface area contributed by atoms with Crippen LogP contribution in [0.4, 0.5) is 0 Å². The molecule has 8 rings (SSSR count). The van der Waals surface area contributed by atoms with E-state index in [0.29, 0.717) is 25.7 Å². The van der Waals surface area contributed by atoms with Gasteiger partial charge in [-0.15, -0.1) is 0 Å². The number of nitrogens with one attached hydrogen (secondary N) is 2. The molecule has 8 fully saturated rings. The molecular formula is C30H46N4O2. The Bertz CT molecular complexity index is 804. The number of hydrogen-bond donors (Lipinski definition) is 2. The lowest BCUT2D eigenvalue weighted by atomic mass is 9.48. The van der Waals surface area contributed by atoms with Crippen molar-refractivity contribution in [1.82, 2.24) is 10.9 Å². The van der Waals surface area contributed by atoms with E-state index in [2.05, 4.69) is 34.9 Å². The maximum Gasteiger partial charge on any atom is 0.240 e. The summed E-state index contributed by atoms with van der Waals surface area (Å²) in [5.41, 5.74) is 8.42. The predicted molar refractivity (Wildman–Crippen MR) is 142 cm³/mol. The summed E-state index contributed by atoms with van der Waals surface area (Å²) in [6, 6.07) is 0. The zero-order valence-corrected chi connectivity index (χ0v) is 22.5. The van der Waals surface area contributed by atoms with Gasteiger partial charge in [-0.25, -0.2) is 10.9 Å². The van der Waals surface area contributed by atoms with E-state index in [4.69, 9.17) is 0 Å². The van der Waals surface area contributed by atoms with Crippen molar-refractivity contribution in [1.29, 1.82) is 0 Å². The second-order valence-electron chi connectivity index (χ2n) is 14.1. The number of unbranched alkanes of at least 4 members (excludes halogenated alkanes) is 1. The zero-order chi connectivity index (χ0) is 24.9. The highest BCUT2D eigenvalue weighted by Crippen LogP contribution is 2.61. The van der Waals surface area contributed by atoms with E-state index in [9.17, 15) is 9.59 Å². The molecule has 8 aliphatic carbocycles. The number of carbonyl (C=O) groups excluding carboxylic acids is 2. The number of hydrogen-bond acceptors (Lipinski definition) is 4. The molecule has 36 heavy (non-hydrogen) atoms. The van der Waals surface area contributed by atoms with Crippen LogP contribution in [0.15, 0.2) is 10.2 Å². The van der Waals surface area contributed by atoms with E-state index in [0.717, 1.165) is 46.9 Å². The van der Waals surface area contributed by atoms with Gasteiger partial charge in [0.15, 0.2) is 0 Å². The van der Waals surface area contributed by atoms with E-state index >= 15 is 0 Å². The van der Waals surface area contributed by atoms with Gasteiger partial charge in [-0.05, 0) is 139 Å². The fourth-order valence-corrected chi connectivity index (χ4v) is 10.3. The minimum absolute atomic E-state index is 0.0323. The van der Waals surface area contributed by atoms with Crippen molar-refractivity contribution in [2.45, 2.75) is 117 Å². The molecule has 0 radical (unpaired) electrons. The lowest BCUT2D eigenvalue weighted by molar-refractivity contribution is -0.123. The number of carbonyl (C=O) groups is 2. The van der Waals surface area contributed by atoms with E-state index in [1.54, 1.807) is 0 Å². The van der Waals surface area contributed by atoms with Crippen molar-refractivity contribution in [2.24, 2.45) is 56.5 Å². The average molecular weight is 495 g/mol. The highest BCUT2D eigenvalue weighted by atomic mass is 16.2. The Balaban J connectivity index is 0.908. The maximum absolute atomic E-state index is 12.4. The Morgan fingerprint density at radius 3 is 1.14 bits per heavy atom. The number of hydrazone groups is 2. The normalized spacial score (nSPS) is 42.6. The van der Waals surface area contributed by atoms with Crippen LogP contribution in [0.1, 0.15) is 117 Å². The van der Waals surface area contributed by atoms with Crippen molar-refractivity contribution in [3.8, 4) is 0 Å². The lowest BCUT2D eigenvalue weighted by Gasteiger charge is -2.56. The van der Waals surface area contributed by atoms with Crippen LogP contribution in [0, 0.1) is 46.3 Å². The summed E-state index contributed by atoms with van der Waals surface area (Å²) in [4.78, 5) is 24.8. The predicted octanol–water partition coefficient (Wildman–Crippen LogP) is 5.96. The molecule has 6 heteroatoms. The molecule has 0 unspecified atom stereocenters. The summed E-state index contributed by atoms with van der Waals surface area (Å²) < 4.78 is 0. The molecule has 0 aromatic carbocycles. The number of nitrogens with zero attached hydrogens (tertiary/aromatic N) is 2. The first-order chi connectivity index (χ1) is 17.3. The van der Waals surface area contributed by atoms with E-state index in [1.807, 2.05) is 0 Å². The van der Waals surface area contributed by atoms with Crippen LogP contribution in [-0.4, -0.2) is 23.2 Å². The minimum atomic E-state index is -0.0323. The van der Waals surface area contributed by atoms with E-state index < -0.39 is 0 Å². The van der Waals surface area contributed by atoms with Crippen LogP contribution < -0.4 is 10.9 Å². The second kappa shape index (κ2) is 9.54. The lowest BCUT2D eigenvalue weighted by Crippen LogP contribution is -2.49. The molecule has 2 N–H and O–H groups in total. The highest BCUT2D eigenvalue weighted by molar-refractivity contribution is 5.90. The Labute approximate surface area is 216 Å². The van der Waals surface area contributed by atoms with Gasteiger partial charge in [0.2, 0.25) is 11.8 Å². The van der Waals surface area contributed by atoms with E-state index in [-0.39, 0.29) is 22.6 Å². The summed E-state index contributed by atoms with van der Waals surface area (Å²) in [6.07, 6.45) is 18.3. The first kappa shape index (κ1) is 24.6. The van der Waals surface area contributed by atoms with Gasteiger partial charge in [-0.1, -0.05) is 0 Å². The summed E-state index contributed by atoms with van der Waals surface area (Å²) in [7, 11) is 0. The molecule has 8 saturated carbocycles. The van der Waals surface area contributed by atoms with Gasteiger partial charge in [0.1, 0.15) is 0 Å². The summed E-state index contributed by atoms with van der Waals surface area (Å²) in [5.74, 6) is 5.21. The Morgan fingerprint density at radius 2 is 0.861 bits per heavy atom. The van der Waals surface area contributed by atoms with Gasteiger partial charge in [0.05, 0.1) is 0 Å². The molecule has 8 aliphatic rings. The molecule has 198 valence electrons. The SMILES string of the molecule is C/C(=N/NC(=O)CCCCC(=O)N/N=C(/C)C12CC3CC(CC(C3)C1)C2)C12CC3CC(CC(C3)C1)C2. The van der Waals surface area contributed by atoms with Crippen LogP contribution in [0.2, 0.25) is 0 Å². The molecule has 0 heterocycles. The van der Waals surface area contributed by atoms with Crippen LogP contribution in [0.3, 0.4) is 0 Å². The van der Waals surface area contributed by atoms with E-state index in [1.165, 1.54) is 77.0 Å². The third kappa shape index (κ3) is 4.78. The standard InChI is InChI=1S/C30H46N4O2/c1-19(29-13-21-7-22(14-29)9-23(8-21)15-29)31-33-27(35)5-3-4-6-28(36)34-32-20(2)30-16-24-10-25(17-30)12-26(11-24)18-30/h21-26H,3-18H2,1-2H3,(H,33,35)(H,34,36)/b31-19-,32-20-. The Kier molecular flexibility index (Phi) is 6.52. The first-order valence-corrected chi connectivity index (χ1v) is 15.0. The van der Waals surface area contributed by atoms with Crippen molar-refractivity contribution in [2.75, 3.05) is 0 Å². The summed E-state index contributed by atoms with van der Waals surface area (Å²) in [6.45, 7) is 4.26. The minimum Gasteiger partial charge on any atom is -0.273 e. The molecule has 0 spiro atoms. The van der Waals surface area contributed by atoms with Gasteiger partial charge in [0, 0.05) is 35.1 Å². The monoisotopic (exact) mass is 494 g/mol. The smallest absolute Gasteiger partial charge is 0.240 e. The quantitative estimate of drug-likeness (QED) is 0.235. The van der Waals surface area contributed by atoms with Crippen LogP contribution in [0.25, 0.3) is 0 Å². The summed E-state index contributed by atoms with van der Waals surface area (Å²) >= 11 is 0. The summed E-state index contributed by atoms with van der Waals surface area (Å²) in [5, 5.41) is 9.15. The fraction of sp³-hybridized carbons (Fsp3) is 0.867. The third-order valence-electron chi connectivity index (χ3n) is 11.4. The topological polar surface area (TPSA) is 82.9 Å². The molecule has 6 nitrogen and oxygen atoms in total. The maximum atomic E-state index is 12.4. The largest absolute Gasteiger partial charge is 0.273 e. The number of amides is 2. The van der Waals surface area contributed by atoms with Crippen molar-refractivity contribution >= 4 is 23.2 Å². The fourth-order valence-electron chi connectivity index (χ4n) is 10.3. The van der Waals surface area contributed by atoms with Gasteiger partial charge in [-0.3, -0.25) is 9.59 Å². The van der Waals surface area contributed by atoms with Crippen LogP contribution in [0.5, 0.6) is 0 Å². The molecule has 8 bridgehead atoms. The van der Waals surface area contributed by atoms with Gasteiger partial charge >= 0.3 is 0 Å². The molecule has 2 amide bonds. The molecule has 0 aromatic rings. The second-order valence-corrected chi connectivity index (χ2v) is 14.1. The van der Waals surface area contributed by atoms with Crippen LogP contribution >= 0.6 is 0 Å². The number of rotatable bonds is 9. The molecular weight excluding hydrogens is 448 g/mol. The van der Waals surface area contributed by atoms with Crippen molar-refractivity contribution in [3.63, 3.8) is 0 Å². The average Bonchev–Trinajstić information content (AvgIpc) is 2.82. The molecule has 0 aliphatic heterocycles. The molecule has 0 aromatic heterocycles. The first-order valence-electron chi connectivity index (χ1n) is 15.0. The Morgan fingerprint density at radius 1 is 0.583 bits per heavy atom. The molecule has 0 saturated heterocycles. The van der Waals surface area contributed by atoms with Crippen LogP contribution in [-0.2, 0) is 9.59 Å².